The van der Waals surface area contributed by atoms with E-state index in [-0.39, 0.29) is 12.1 Å². The van der Waals surface area contributed by atoms with E-state index >= 15 is 0 Å². The van der Waals surface area contributed by atoms with Crippen molar-refractivity contribution in [1.29, 1.82) is 0 Å². The minimum Gasteiger partial charge on any atom is -0.350 e. The van der Waals surface area contributed by atoms with Crippen LogP contribution in [0.2, 0.25) is 0 Å². The van der Waals surface area contributed by atoms with Gasteiger partial charge in [0.1, 0.15) is 0 Å². The van der Waals surface area contributed by atoms with Gasteiger partial charge in [0, 0.05) is 31.5 Å². The Hall–Kier alpha value is -2.74. The lowest BCUT2D eigenvalue weighted by molar-refractivity contribution is -0.139. The molecule has 0 saturated carbocycles. The van der Waals surface area contributed by atoms with Crippen LogP contribution in [0.15, 0.2) is 66.9 Å². The van der Waals surface area contributed by atoms with E-state index in [0.717, 1.165) is 23.9 Å². The molecule has 1 aromatic heterocycles. The summed E-state index contributed by atoms with van der Waals surface area (Å²) in [4.78, 5) is 1.91. The lowest BCUT2D eigenvalue weighted by Gasteiger charge is -2.31. The molecule has 1 aliphatic heterocycles. The molecule has 8 heteroatoms. The molecule has 1 unspecified atom stereocenters. The molecule has 0 aliphatic carbocycles. The molecule has 2 aromatic carbocycles. The predicted octanol–water partition coefficient (Wildman–Crippen LogP) is 6.52. The molecule has 3 aromatic rings. The molecule has 2 nitrogen and oxygen atoms in total. The van der Waals surface area contributed by atoms with Gasteiger partial charge in [-0.25, -0.2) is 0 Å². The summed E-state index contributed by atoms with van der Waals surface area (Å²) in [6, 6.07) is 13.6. The highest BCUT2D eigenvalue weighted by Crippen LogP contribution is 2.38. The van der Waals surface area contributed by atoms with Crippen LogP contribution in [0.3, 0.4) is 0 Å². The number of aryl methyl sites for hydroxylation is 1. The average Bonchev–Trinajstić information content (AvgIpc) is 3.08. The second-order valence-electron chi connectivity index (χ2n) is 7.63. The molecular formula is C23H20F6N2. The van der Waals surface area contributed by atoms with E-state index in [9.17, 15) is 26.3 Å². The molecule has 4 rings (SSSR count). The van der Waals surface area contributed by atoms with E-state index in [1.165, 1.54) is 24.3 Å². The maximum atomic E-state index is 13.5. The molecule has 1 aliphatic rings. The van der Waals surface area contributed by atoms with E-state index < -0.39 is 29.5 Å². The van der Waals surface area contributed by atoms with Crippen molar-refractivity contribution in [3.63, 3.8) is 0 Å². The van der Waals surface area contributed by atoms with Crippen LogP contribution < -0.4 is 0 Å². The molecule has 0 bridgehead atoms. The fourth-order valence-electron chi connectivity index (χ4n) is 4.20. The number of hydrogen-bond donors (Lipinski definition) is 0. The van der Waals surface area contributed by atoms with Crippen molar-refractivity contribution in [2.24, 2.45) is 0 Å². The topological polar surface area (TPSA) is 8.17 Å². The summed E-state index contributed by atoms with van der Waals surface area (Å²) < 4.78 is 81.6. The molecule has 0 saturated heterocycles. The Morgan fingerprint density at radius 1 is 0.774 bits per heavy atom. The number of hydrogen-bond acceptors (Lipinski definition) is 1. The highest BCUT2D eigenvalue weighted by molar-refractivity contribution is 5.35. The van der Waals surface area contributed by atoms with Gasteiger partial charge in [0.25, 0.3) is 0 Å². The van der Waals surface area contributed by atoms with Crippen molar-refractivity contribution < 1.29 is 26.3 Å². The normalized spacial score (nSPS) is 17.9. The fourth-order valence-corrected chi connectivity index (χ4v) is 4.20. The fraction of sp³-hybridized carbons (Fsp3) is 0.304. The molecule has 0 amide bonds. The van der Waals surface area contributed by atoms with Crippen molar-refractivity contribution in [3.8, 4) is 0 Å². The first-order valence-corrected chi connectivity index (χ1v) is 9.86. The van der Waals surface area contributed by atoms with Crippen molar-refractivity contribution in [1.82, 2.24) is 9.47 Å². The molecule has 164 valence electrons. The van der Waals surface area contributed by atoms with Crippen LogP contribution in [0.4, 0.5) is 26.3 Å². The number of fused-ring (bicyclic) bond motifs is 1. The van der Waals surface area contributed by atoms with Crippen molar-refractivity contribution in [2.45, 2.75) is 37.9 Å². The number of benzene rings is 2. The predicted molar refractivity (Wildman–Crippen MR) is 104 cm³/mol. The third-order valence-corrected chi connectivity index (χ3v) is 5.60. The molecule has 31 heavy (non-hydrogen) atoms. The van der Waals surface area contributed by atoms with Crippen LogP contribution in [0.25, 0.3) is 0 Å². The SMILES string of the molecule is FC(F)(F)c1ccc(C2c3cccn3CCCN2Cc2ccccc2C(F)(F)F)cc1. The van der Waals surface area contributed by atoms with Gasteiger partial charge in [0.05, 0.1) is 17.2 Å². The van der Waals surface area contributed by atoms with Crippen LogP contribution in [0.1, 0.15) is 40.4 Å². The monoisotopic (exact) mass is 438 g/mol. The maximum Gasteiger partial charge on any atom is 0.416 e. The van der Waals surface area contributed by atoms with Gasteiger partial charge in [-0.15, -0.1) is 0 Å². The van der Waals surface area contributed by atoms with Gasteiger partial charge in [-0.05, 0) is 47.9 Å². The minimum atomic E-state index is -4.48. The third kappa shape index (κ3) is 4.49. The first-order valence-electron chi connectivity index (χ1n) is 9.86. The van der Waals surface area contributed by atoms with Gasteiger partial charge < -0.3 is 4.57 Å². The highest BCUT2D eigenvalue weighted by atomic mass is 19.4. The van der Waals surface area contributed by atoms with Gasteiger partial charge >= 0.3 is 12.4 Å². The van der Waals surface area contributed by atoms with Crippen LogP contribution in [-0.2, 0) is 25.4 Å². The molecule has 1 atom stereocenters. The first-order chi connectivity index (χ1) is 14.6. The Labute approximate surface area is 175 Å². The Bertz CT molecular complexity index is 1030. The Balaban J connectivity index is 1.75. The van der Waals surface area contributed by atoms with Crippen LogP contribution >= 0.6 is 0 Å². The molecule has 2 heterocycles. The lowest BCUT2D eigenvalue weighted by Crippen LogP contribution is -2.30. The van der Waals surface area contributed by atoms with Gasteiger partial charge in [0.15, 0.2) is 0 Å². The summed E-state index contributed by atoms with van der Waals surface area (Å²) >= 11 is 0. The van der Waals surface area contributed by atoms with Crippen molar-refractivity contribution in [3.05, 3.63) is 94.8 Å². The average molecular weight is 438 g/mol. The number of halogens is 6. The largest absolute Gasteiger partial charge is 0.416 e. The van der Waals surface area contributed by atoms with E-state index in [0.29, 0.717) is 25.1 Å². The summed E-state index contributed by atoms with van der Waals surface area (Å²) in [5.74, 6) is 0. The smallest absolute Gasteiger partial charge is 0.350 e. The molecule has 0 radical (unpaired) electrons. The van der Waals surface area contributed by atoms with Crippen molar-refractivity contribution >= 4 is 0 Å². The zero-order chi connectivity index (χ0) is 22.2. The standard InChI is InChI=1S/C23H20F6N2/c24-22(25,26)18-10-8-16(9-11-18)21-20-7-3-12-30(20)13-4-14-31(21)15-17-5-1-2-6-19(17)23(27,28)29/h1-3,5-12,21H,4,13-15H2. The number of aromatic nitrogens is 1. The molecule has 0 spiro atoms. The summed E-state index contributed by atoms with van der Waals surface area (Å²) in [5, 5.41) is 0. The summed E-state index contributed by atoms with van der Waals surface area (Å²) in [6.07, 6.45) is -6.33. The second kappa shape index (κ2) is 8.07. The number of rotatable bonds is 3. The third-order valence-electron chi connectivity index (χ3n) is 5.60. The minimum absolute atomic E-state index is 0.0343. The lowest BCUT2D eigenvalue weighted by atomic mass is 9.98. The number of alkyl halides is 6. The Morgan fingerprint density at radius 2 is 1.48 bits per heavy atom. The first kappa shape index (κ1) is 21.5. The van der Waals surface area contributed by atoms with E-state index in [2.05, 4.69) is 0 Å². The van der Waals surface area contributed by atoms with Crippen LogP contribution in [0.5, 0.6) is 0 Å². The Kier molecular flexibility index (Phi) is 5.60. The van der Waals surface area contributed by atoms with Crippen LogP contribution in [0, 0.1) is 0 Å². The zero-order valence-electron chi connectivity index (χ0n) is 16.4. The highest BCUT2D eigenvalue weighted by Gasteiger charge is 2.35. The maximum absolute atomic E-state index is 13.5. The van der Waals surface area contributed by atoms with Gasteiger partial charge in [-0.2, -0.15) is 26.3 Å². The summed E-state index contributed by atoms with van der Waals surface area (Å²) in [6.45, 7) is 1.24. The van der Waals surface area contributed by atoms with E-state index in [1.807, 2.05) is 27.8 Å². The quantitative estimate of drug-likeness (QED) is 0.423. The van der Waals surface area contributed by atoms with Gasteiger partial charge in [-0.3, -0.25) is 4.90 Å². The van der Waals surface area contributed by atoms with Crippen molar-refractivity contribution in [2.75, 3.05) is 6.54 Å². The van der Waals surface area contributed by atoms with Crippen LogP contribution in [-0.4, -0.2) is 16.0 Å². The summed E-state index contributed by atoms with van der Waals surface area (Å²) in [5.41, 5.74) is 0.156. The van der Waals surface area contributed by atoms with Gasteiger partial charge in [0.2, 0.25) is 0 Å². The number of nitrogens with zero attached hydrogens (tertiary/aromatic N) is 2. The van der Waals surface area contributed by atoms with Gasteiger partial charge in [-0.1, -0.05) is 30.3 Å². The molecule has 0 fully saturated rings. The van der Waals surface area contributed by atoms with E-state index in [1.54, 1.807) is 6.07 Å². The Morgan fingerprint density at radius 3 is 2.16 bits per heavy atom. The second-order valence-corrected chi connectivity index (χ2v) is 7.63. The molecule has 0 N–H and O–H groups in total. The molecular weight excluding hydrogens is 418 g/mol. The van der Waals surface area contributed by atoms with E-state index in [4.69, 9.17) is 0 Å². The summed E-state index contributed by atoms with van der Waals surface area (Å²) in [7, 11) is 0. The zero-order valence-corrected chi connectivity index (χ0v) is 16.4.